The van der Waals surface area contributed by atoms with Crippen molar-refractivity contribution >= 4 is 21.6 Å². The lowest BCUT2D eigenvalue weighted by Gasteiger charge is -2.42. The smallest absolute Gasteiger partial charge is 0.227 e. The summed E-state index contributed by atoms with van der Waals surface area (Å²) in [6.45, 7) is 7.83. The van der Waals surface area contributed by atoms with Crippen molar-refractivity contribution < 1.29 is 13.2 Å². The largest absolute Gasteiger partial charge is 0.368 e. The molecule has 0 N–H and O–H groups in total. The molecule has 0 unspecified atom stereocenters. The van der Waals surface area contributed by atoms with E-state index in [9.17, 15) is 13.2 Å². The van der Waals surface area contributed by atoms with Gasteiger partial charge in [-0.15, -0.1) is 0 Å². The third-order valence-corrected chi connectivity index (χ3v) is 8.16. The minimum absolute atomic E-state index is 0.0405. The van der Waals surface area contributed by atoms with Crippen molar-refractivity contribution in [1.29, 1.82) is 0 Å². The molecule has 0 radical (unpaired) electrons. The Morgan fingerprint density at radius 2 is 1.62 bits per heavy atom. The number of carbonyl (C=O) groups excluding carboxylic acids is 1. The van der Waals surface area contributed by atoms with Crippen LogP contribution in [0.25, 0.3) is 0 Å². The van der Waals surface area contributed by atoms with Crippen molar-refractivity contribution in [3.63, 3.8) is 0 Å². The van der Waals surface area contributed by atoms with Gasteiger partial charge in [-0.1, -0.05) is 42.5 Å². The predicted molar refractivity (Wildman–Crippen MR) is 128 cm³/mol. The summed E-state index contributed by atoms with van der Waals surface area (Å²) in [6, 6.07) is 16.5. The van der Waals surface area contributed by atoms with Crippen molar-refractivity contribution in [2.24, 2.45) is 5.92 Å². The van der Waals surface area contributed by atoms with Gasteiger partial charge in [0.2, 0.25) is 15.9 Å². The van der Waals surface area contributed by atoms with Crippen LogP contribution in [0, 0.1) is 19.8 Å². The molecule has 1 amide bonds. The summed E-state index contributed by atoms with van der Waals surface area (Å²) in [7, 11) is -3.33. The van der Waals surface area contributed by atoms with Gasteiger partial charge in [0, 0.05) is 45.0 Å². The Bertz CT molecular complexity index is 1060. The first-order chi connectivity index (χ1) is 15.2. The SMILES string of the molecule is Cc1ccc(C)c(N2CCN(C(=O)[C@@H]3CN(S(C)(=O)=O)CC[C@@H]3c3ccccc3)CC2)c1. The van der Waals surface area contributed by atoms with Gasteiger partial charge < -0.3 is 9.80 Å². The normalized spacial score (nSPS) is 22.7. The fourth-order valence-corrected chi connectivity index (χ4v) is 5.90. The lowest BCUT2D eigenvalue weighted by atomic mass is 9.80. The Hall–Kier alpha value is -2.38. The number of hydrogen-bond donors (Lipinski definition) is 0. The van der Waals surface area contributed by atoms with Crippen molar-refractivity contribution in [2.75, 3.05) is 50.4 Å². The van der Waals surface area contributed by atoms with E-state index in [0.29, 0.717) is 26.1 Å². The maximum absolute atomic E-state index is 13.7. The van der Waals surface area contributed by atoms with E-state index in [2.05, 4.69) is 49.1 Å². The number of aryl methyl sites for hydroxylation is 2. The highest BCUT2D eigenvalue weighted by molar-refractivity contribution is 7.88. The van der Waals surface area contributed by atoms with E-state index in [1.807, 2.05) is 23.1 Å². The van der Waals surface area contributed by atoms with Crippen LogP contribution in [0.15, 0.2) is 48.5 Å². The molecule has 2 atom stereocenters. The number of nitrogens with zero attached hydrogens (tertiary/aromatic N) is 3. The molecule has 32 heavy (non-hydrogen) atoms. The highest BCUT2D eigenvalue weighted by Crippen LogP contribution is 2.35. The van der Waals surface area contributed by atoms with E-state index in [0.717, 1.165) is 18.7 Å². The van der Waals surface area contributed by atoms with Crippen LogP contribution < -0.4 is 4.90 Å². The maximum atomic E-state index is 13.7. The Balaban J connectivity index is 1.51. The summed E-state index contributed by atoms with van der Waals surface area (Å²) < 4.78 is 25.9. The van der Waals surface area contributed by atoms with Crippen LogP contribution in [0.1, 0.15) is 29.0 Å². The zero-order valence-electron chi connectivity index (χ0n) is 19.2. The Labute approximate surface area is 191 Å². The Morgan fingerprint density at radius 3 is 2.28 bits per heavy atom. The van der Waals surface area contributed by atoms with E-state index in [-0.39, 0.29) is 24.3 Å². The van der Waals surface area contributed by atoms with Crippen LogP contribution in [0.3, 0.4) is 0 Å². The number of anilines is 1. The summed E-state index contributed by atoms with van der Waals surface area (Å²) in [4.78, 5) is 17.9. The first-order valence-electron chi connectivity index (χ1n) is 11.3. The summed E-state index contributed by atoms with van der Waals surface area (Å²) >= 11 is 0. The molecule has 7 heteroatoms. The molecule has 2 fully saturated rings. The lowest BCUT2D eigenvalue weighted by molar-refractivity contribution is -0.137. The van der Waals surface area contributed by atoms with E-state index in [4.69, 9.17) is 0 Å². The number of piperazine rings is 1. The molecule has 2 aliphatic rings. The molecule has 0 bridgehead atoms. The van der Waals surface area contributed by atoms with E-state index >= 15 is 0 Å². The monoisotopic (exact) mass is 455 g/mol. The molecule has 0 aromatic heterocycles. The molecule has 2 saturated heterocycles. The van der Waals surface area contributed by atoms with E-state index < -0.39 is 10.0 Å². The number of rotatable bonds is 4. The number of hydrogen-bond acceptors (Lipinski definition) is 4. The lowest BCUT2D eigenvalue weighted by Crippen LogP contribution is -2.54. The minimum Gasteiger partial charge on any atom is -0.368 e. The van der Waals surface area contributed by atoms with E-state index in [1.54, 1.807) is 0 Å². The average molecular weight is 456 g/mol. The predicted octanol–water partition coefficient (Wildman–Crippen LogP) is 3.02. The first-order valence-corrected chi connectivity index (χ1v) is 13.2. The molecular formula is C25H33N3O3S. The third kappa shape index (κ3) is 4.84. The fraction of sp³-hybridized carbons (Fsp3) is 0.480. The topological polar surface area (TPSA) is 60.9 Å². The van der Waals surface area contributed by atoms with Gasteiger partial charge in [-0.25, -0.2) is 12.7 Å². The number of benzene rings is 2. The second kappa shape index (κ2) is 9.24. The second-order valence-electron chi connectivity index (χ2n) is 9.14. The summed E-state index contributed by atoms with van der Waals surface area (Å²) in [5, 5.41) is 0. The zero-order valence-corrected chi connectivity index (χ0v) is 20.0. The van der Waals surface area contributed by atoms with Crippen molar-refractivity contribution in [2.45, 2.75) is 26.2 Å². The number of amides is 1. The molecule has 2 heterocycles. The second-order valence-corrected chi connectivity index (χ2v) is 11.1. The number of sulfonamides is 1. The summed E-state index contributed by atoms with van der Waals surface area (Å²) in [6.07, 6.45) is 1.90. The molecule has 4 rings (SSSR count). The van der Waals surface area contributed by atoms with Crippen LogP contribution in [-0.4, -0.2) is 69.1 Å². The quantitative estimate of drug-likeness (QED) is 0.711. The molecule has 172 valence electrons. The average Bonchev–Trinajstić information content (AvgIpc) is 2.80. The van der Waals surface area contributed by atoms with Gasteiger partial charge in [0.15, 0.2) is 0 Å². The molecule has 0 saturated carbocycles. The van der Waals surface area contributed by atoms with Gasteiger partial charge in [0.1, 0.15) is 0 Å². The molecule has 0 aliphatic carbocycles. The molecule has 2 aromatic rings. The maximum Gasteiger partial charge on any atom is 0.227 e. The third-order valence-electron chi connectivity index (χ3n) is 6.89. The van der Waals surface area contributed by atoms with Crippen LogP contribution in [-0.2, 0) is 14.8 Å². The molecule has 2 aromatic carbocycles. The van der Waals surface area contributed by atoms with Gasteiger partial charge >= 0.3 is 0 Å². The van der Waals surface area contributed by atoms with Gasteiger partial charge in [-0.3, -0.25) is 4.79 Å². The minimum atomic E-state index is -3.33. The highest BCUT2D eigenvalue weighted by atomic mass is 32.2. The molecule has 2 aliphatic heterocycles. The summed E-state index contributed by atoms with van der Waals surface area (Å²) in [5.74, 6) is -0.236. The Kier molecular flexibility index (Phi) is 6.58. The van der Waals surface area contributed by atoms with Crippen molar-refractivity contribution in [1.82, 2.24) is 9.21 Å². The standard InChI is InChI=1S/C25H33N3O3S/c1-19-9-10-20(2)24(17-19)26-13-15-27(16-14-26)25(29)23-18-28(32(3,30)31)12-11-22(23)21-7-5-4-6-8-21/h4-10,17,22-23H,11-16,18H2,1-3H3/t22-,23-/m1/s1. The number of carbonyl (C=O) groups is 1. The molecule has 6 nitrogen and oxygen atoms in total. The van der Waals surface area contributed by atoms with Crippen LogP contribution >= 0.6 is 0 Å². The van der Waals surface area contributed by atoms with Gasteiger partial charge in [-0.2, -0.15) is 0 Å². The van der Waals surface area contributed by atoms with Crippen LogP contribution in [0.2, 0.25) is 0 Å². The fourth-order valence-electron chi connectivity index (χ4n) is 5.04. The first kappa shape index (κ1) is 22.8. The highest BCUT2D eigenvalue weighted by Gasteiger charge is 2.40. The zero-order chi connectivity index (χ0) is 22.9. The van der Waals surface area contributed by atoms with Crippen LogP contribution in [0.4, 0.5) is 5.69 Å². The van der Waals surface area contributed by atoms with Crippen molar-refractivity contribution in [3.05, 3.63) is 65.2 Å². The van der Waals surface area contributed by atoms with Crippen LogP contribution in [0.5, 0.6) is 0 Å². The van der Waals surface area contributed by atoms with Gasteiger partial charge in [-0.05, 0) is 48.9 Å². The number of piperidine rings is 1. The molecular weight excluding hydrogens is 422 g/mol. The van der Waals surface area contributed by atoms with Crippen molar-refractivity contribution in [3.8, 4) is 0 Å². The summed E-state index contributed by atoms with van der Waals surface area (Å²) in [5.41, 5.74) is 4.83. The Morgan fingerprint density at radius 1 is 0.938 bits per heavy atom. The van der Waals surface area contributed by atoms with Gasteiger partial charge in [0.25, 0.3) is 0 Å². The van der Waals surface area contributed by atoms with E-state index in [1.165, 1.54) is 27.4 Å². The van der Waals surface area contributed by atoms with Gasteiger partial charge in [0.05, 0.1) is 12.2 Å². The molecule has 0 spiro atoms.